The minimum atomic E-state index is -0.962. The molecule has 4 aromatic carbocycles. The van der Waals surface area contributed by atoms with Crippen LogP contribution < -0.4 is 5.32 Å². The van der Waals surface area contributed by atoms with E-state index < -0.39 is 12.3 Å². The molecule has 1 aliphatic heterocycles. The molecule has 0 bridgehead atoms. The van der Waals surface area contributed by atoms with Crippen LogP contribution in [0.4, 0.5) is 5.69 Å². The Morgan fingerprint density at radius 2 is 1.66 bits per heavy atom. The number of nitrogens with one attached hydrogen (secondary N) is 1. The number of benzene rings is 4. The molecule has 0 saturated carbocycles. The first kappa shape index (κ1) is 29.5. The second-order valence-corrected chi connectivity index (χ2v) is 11.4. The van der Waals surface area contributed by atoms with Gasteiger partial charge in [-0.05, 0) is 59.7 Å². The van der Waals surface area contributed by atoms with Gasteiger partial charge in [-0.3, -0.25) is 9.78 Å². The zero-order valence-corrected chi connectivity index (χ0v) is 24.3. The van der Waals surface area contributed by atoms with Gasteiger partial charge in [-0.25, -0.2) is 9.78 Å². The second kappa shape index (κ2) is 13.4. The number of hydrogen-bond donors (Lipinski definition) is 3. The number of ether oxygens (including phenoxy) is 2. The number of carbonyl (C=O) groups excluding carboxylic acids is 1. The first-order chi connectivity index (χ1) is 21.4. The topological polar surface area (TPSA) is 131 Å². The molecule has 3 atom stereocenters. The number of aliphatic hydroxyl groups is 1. The summed E-state index contributed by atoms with van der Waals surface area (Å²) in [5.41, 5.74) is 4.88. The maximum absolute atomic E-state index is 13.0. The minimum absolute atomic E-state index is 0.0409. The smallest absolute Gasteiger partial charge is 0.335 e. The SMILES string of the molecule is O=C(O)c1ccc(SC[C@H]2C[C@@H](c3ccc(CO)cc3)O[C@@H](c3cccc(NC(=O)c4cnc5ccccc5n4)c3)O2)cc1. The van der Waals surface area contributed by atoms with Crippen LogP contribution in [0.3, 0.4) is 0 Å². The van der Waals surface area contributed by atoms with E-state index in [1.807, 2.05) is 66.7 Å². The van der Waals surface area contributed by atoms with Gasteiger partial charge in [-0.1, -0.05) is 48.5 Å². The van der Waals surface area contributed by atoms with Gasteiger partial charge < -0.3 is 25.0 Å². The minimum Gasteiger partial charge on any atom is -0.478 e. The van der Waals surface area contributed by atoms with Gasteiger partial charge in [0.05, 0.1) is 41.6 Å². The van der Waals surface area contributed by atoms with E-state index in [1.54, 1.807) is 42.1 Å². The number of rotatable bonds is 9. The lowest BCUT2D eigenvalue weighted by Crippen LogP contribution is -2.31. The fraction of sp³-hybridized carbons (Fsp3) is 0.176. The summed E-state index contributed by atoms with van der Waals surface area (Å²) < 4.78 is 12.9. The molecule has 0 spiro atoms. The molecular weight excluding hydrogens is 578 g/mol. The van der Waals surface area contributed by atoms with Gasteiger partial charge in [0.1, 0.15) is 5.69 Å². The molecule has 0 unspecified atom stereocenters. The van der Waals surface area contributed by atoms with Crippen molar-refractivity contribution < 1.29 is 29.3 Å². The van der Waals surface area contributed by atoms with Crippen LogP contribution in [0, 0.1) is 0 Å². The maximum atomic E-state index is 13.0. The fourth-order valence-electron chi connectivity index (χ4n) is 4.93. The average molecular weight is 608 g/mol. The molecule has 44 heavy (non-hydrogen) atoms. The number of hydrogen-bond acceptors (Lipinski definition) is 8. The van der Waals surface area contributed by atoms with Gasteiger partial charge in [0.15, 0.2) is 6.29 Å². The standard InChI is InChI=1S/C34H29N3O6S/c38-19-21-8-10-22(11-9-21)31-17-26(20-44-27-14-12-23(13-15-27)33(40)41)42-34(43-31)24-4-3-5-25(16-24)36-32(39)30-18-35-28-6-1-2-7-29(28)37-30/h1-16,18,26,31,34,38H,17,19-20H2,(H,36,39)(H,40,41)/t26-,31+,34+/m1/s1. The van der Waals surface area contributed by atoms with E-state index in [-0.39, 0.29) is 36.0 Å². The summed E-state index contributed by atoms with van der Waals surface area (Å²) in [4.78, 5) is 34.0. The summed E-state index contributed by atoms with van der Waals surface area (Å²) in [6.45, 7) is -0.0409. The van der Waals surface area contributed by atoms with Gasteiger partial charge in [0, 0.05) is 28.3 Å². The third-order valence-electron chi connectivity index (χ3n) is 7.25. The highest BCUT2D eigenvalue weighted by atomic mass is 32.2. The Kier molecular flexibility index (Phi) is 8.94. The summed E-state index contributed by atoms with van der Waals surface area (Å²) in [7, 11) is 0. The van der Waals surface area contributed by atoms with Crippen molar-refractivity contribution in [1.82, 2.24) is 9.97 Å². The number of thioether (sulfide) groups is 1. The van der Waals surface area contributed by atoms with Crippen LogP contribution in [-0.4, -0.2) is 43.9 Å². The molecule has 6 rings (SSSR count). The van der Waals surface area contributed by atoms with Gasteiger partial charge in [0.2, 0.25) is 0 Å². The largest absolute Gasteiger partial charge is 0.478 e. The Labute approximate surface area is 257 Å². The van der Waals surface area contributed by atoms with E-state index in [9.17, 15) is 19.8 Å². The monoisotopic (exact) mass is 607 g/mol. The van der Waals surface area contributed by atoms with Crippen molar-refractivity contribution in [3.05, 3.63) is 131 Å². The molecule has 9 nitrogen and oxygen atoms in total. The molecule has 1 aliphatic rings. The molecule has 1 aromatic heterocycles. The first-order valence-corrected chi connectivity index (χ1v) is 15.0. The summed E-state index contributed by atoms with van der Waals surface area (Å²) in [6.07, 6.45) is 0.897. The third-order valence-corrected chi connectivity index (χ3v) is 8.39. The van der Waals surface area contributed by atoms with Crippen molar-refractivity contribution in [2.45, 2.75) is 36.4 Å². The highest BCUT2D eigenvalue weighted by Gasteiger charge is 2.32. The van der Waals surface area contributed by atoms with Crippen LogP contribution in [0.2, 0.25) is 0 Å². The number of fused-ring (bicyclic) bond motifs is 1. The molecule has 10 heteroatoms. The zero-order valence-electron chi connectivity index (χ0n) is 23.5. The molecule has 1 fully saturated rings. The van der Waals surface area contributed by atoms with Crippen molar-refractivity contribution in [2.24, 2.45) is 0 Å². The van der Waals surface area contributed by atoms with E-state index >= 15 is 0 Å². The predicted octanol–water partition coefficient (Wildman–Crippen LogP) is 6.41. The Morgan fingerprint density at radius 3 is 2.41 bits per heavy atom. The van der Waals surface area contributed by atoms with E-state index in [2.05, 4.69) is 15.3 Å². The van der Waals surface area contributed by atoms with Crippen molar-refractivity contribution in [1.29, 1.82) is 0 Å². The van der Waals surface area contributed by atoms with Crippen molar-refractivity contribution in [2.75, 3.05) is 11.1 Å². The van der Waals surface area contributed by atoms with E-state index in [1.165, 1.54) is 6.20 Å². The summed E-state index contributed by atoms with van der Waals surface area (Å²) in [5.74, 6) is -0.721. The summed E-state index contributed by atoms with van der Waals surface area (Å²) in [6, 6.07) is 29.1. The second-order valence-electron chi connectivity index (χ2n) is 10.3. The average Bonchev–Trinajstić information content (AvgIpc) is 3.07. The van der Waals surface area contributed by atoms with Crippen LogP contribution in [0.15, 0.2) is 108 Å². The lowest BCUT2D eigenvalue weighted by atomic mass is 10.0. The Balaban J connectivity index is 1.20. The number of aromatic carboxylic acids is 1. The third kappa shape index (κ3) is 6.95. The van der Waals surface area contributed by atoms with Crippen LogP contribution in [0.1, 0.15) is 56.4 Å². The Bertz CT molecular complexity index is 1780. The highest BCUT2D eigenvalue weighted by molar-refractivity contribution is 7.99. The quantitative estimate of drug-likeness (QED) is 0.163. The number of aliphatic hydroxyl groups excluding tert-OH is 1. The summed E-state index contributed by atoms with van der Waals surface area (Å²) in [5, 5.41) is 21.6. The molecular formula is C34H29N3O6S. The van der Waals surface area contributed by atoms with Crippen LogP contribution in [-0.2, 0) is 16.1 Å². The molecule has 5 aromatic rings. The normalized spacial score (nSPS) is 18.2. The van der Waals surface area contributed by atoms with Crippen LogP contribution in [0.25, 0.3) is 11.0 Å². The summed E-state index contributed by atoms with van der Waals surface area (Å²) >= 11 is 1.58. The molecule has 1 saturated heterocycles. The van der Waals surface area contributed by atoms with E-state index in [0.29, 0.717) is 28.9 Å². The number of carboxylic acids is 1. The lowest BCUT2D eigenvalue weighted by molar-refractivity contribution is -0.245. The number of anilines is 1. The number of nitrogens with zero attached hydrogens (tertiary/aromatic N) is 2. The maximum Gasteiger partial charge on any atom is 0.335 e. The zero-order chi connectivity index (χ0) is 30.5. The van der Waals surface area contributed by atoms with Crippen LogP contribution >= 0.6 is 11.8 Å². The fourth-order valence-corrected chi connectivity index (χ4v) is 5.85. The molecule has 2 heterocycles. The van der Waals surface area contributed by atoms with Gasteiger partial charge in [-0.15, -0.1) is 11.8 Å². The Morgan fingerprint density at radius 1 is 0.886 bits per heavy atom. The van der Waals surface area contributed by atoms with Gasteiger partial charge in [-0.2, -0.15) is 0 Å². The molecule has 0 aliphatic carbocycles. The van der Waals surface area contributed by atoms with Crippen molar-refractivity contribution in [3.8, 4) is 0 Å². The number of para-hydroxylation sites is 2. The molecule has 3 N–H and O–H groups in total. The van der Waals surface area contributed by atoms with Crippen molar-refractivity contribution >= 4 is 40.4 Å². The van der Waals surface area contributed by atoms with Crippen molar-refractivity contribution in [3.63, 3.8) is 0 Å². The Hall–Kier alpha value is -4.61. The number of aromatic nitrogens is 2. The molecule has 0 radical (unpaired) electrons. The molecule has 1 amide bonds. The number of carboxylic acid groups (broad SMARTS) is 1. The predicted molar refractivity (Wildman–Crippen MR) is 166 cm³/mol. The van der Waals surface area contributed by atoms with Crippen LogP contribution in [0.5, 0.6) is 0 Å². The number of amides is 1. The highest BCUT2D eigenvalue weighted by Crippen LogP contribution is 2.40. The first-order valence-electron chi connectivity index (χ1n) is 14.0. The molecule has 222 valence electrons. The van der Waals surface area contributed by atoms with E-state index in [4.69, 9.17) is 9.47 Å². The van der Waals surface area contributed by atoms with E-state index in [0.717, 1.165) is 21.6 Å². The lowest BCUT2D eigenvalue weighted by Gasteiger charge is -2.36. The van der Waals surface area contributed by atoms with Gasteiger partial charge >= 0.3 is 5.97 Å². The number of carbonyl (C=O) groups is 2. The van der Waals surface area contributed by atoms with Gasteiger partial charge in [0.25, 0.3) is 5.91 Å².